The van der Waals surface area contributed by atoms with Crippen LogP contribution >= 0.6 is 11.8 Å². The van der Waals surface area contributed by atoms with Crippen LogP contribution in [0.2, 0.25) is 0 Å². The molecule has 2 N–H and O–H groups in total. The molecule has 0 radical (unpaired) electrons. The number of hydrogen-bond acceptors (Lipinski definition) is 5. The van der Waals surface area contributed by atoms with Gasteiger partial charge in [-0.05, 0) is 52.6 Å². The summed E-state index contributed by atoms with van der Waals surface area (Å²) in [4.78, 5) is 0. The highest BCUT2D eigenvalue weighted by Gasteiger charge is 2.06. The molecule has 0 aliphatic carbocycles. The van der Waals surface area contributed by atoms with Gasteiger partial charge in [0.05, 0.1) is 13.3 Å². The highest BCUT2D eigenvalue weighted by atomic mass is 32.2. The number of methoxy groups -OCH3 is 1. The largest absolute Gasteiger partial charge is 0.496 e. The van der Waals surface area contributed by atoms with E-state index < -0.39 is 0 Å². The highest BCUT2D eigenvalue weighted by molar-refractivity contribution is 8.13. The van der Waals surface area contributed by atoms with E-state index in [0.29, 0.717) is 11.8 Å². The quantitative estimate of drug-likeness (QED) is 0.168. The number of nitrogens with two attached hydrogens (primary N) is 1. The Balaban J connectivity index is 1.36. The summed E-state index contributed by atoms with van der Waals surface area (Å²) in [5.74, 6) is 2.30. The molecule has 0 saturated carbocycles. The van der Waals surface area contributed by atoms with Crippen molar-refractivity contribution in [2.75, 3.05) is 7.11 Å². The van der Waals surface area contributed by atoms with Crippen molar-refractivity contribution in [3.63, 3.8) is 0 Å². The van der Waals surface area contributed by atoms with Gasteiger partial charge in [-0.15, -0.1) is 5.10 Å². The molecular formula is C29H27N3O2S. The molecule has 0 spiro atoms. The molecular weight excluding hydrogens is 454 g/mol. The van der Waals surface area contributed by atoms with Crippen molar-refractivity contribution < 1.29 is 9.47 Å². The van der Waals surface area contributed by atoms with Crippen LogP contribution in [0, 0.1) is 0 Å². The molecule has 0 fully saturated rings. The predicted octanol–water partition coefficient (Wildman–Crippen LogP) is 6.52. The van der Waals surface area contributed by atoms with Crippen LogP contribution in [0.25, 0.3) is 11.1 Å². The topological polar surface area (TPSA) is 69.2 Å². The van der Waals surface area contributed by atoms with Crippen molar-refractivity contribution in [3.8, 4) is 22.6 Å². The fourth-order valence-electron chi connectivity index (χ4n) is 3.44. The van der Waals surface area contributed by atoms with Crippen molar-refractivity contribution in [2.24, 2.45) is 15.9 Å². The van der Waals surface area contributed by atoms with Crippen LogP contribution in [0.5, 0.6) is 11.5 Å². The van der Waals surface area contributed by atoms with Crippen molar-refractivity contribution in [2.45, 2.75) is 12.4 Å². The van der Waals surface area contributed by atoms with E-state index in [1.807, 2.05) is 66.7 Å². The van der Waals surface area contributed by atoms with Gasteiger partial charge in [0.15, 0.2) is 5.17 Å². The molecule has 176 valence electrons. The maximum absolute atomic E-state index is 6.02. The van der Waals surface area contributed by atoms with E-state index in [1.165, 1.54) is 22.9 Å². The molecule has 0 heterocycles. The van der Waals surface area contributed by atoms with Crippen molar-refractivity contribution in [1.29, 1.82) is 0 Å². The van der Waals surface area contributed by atoms with Gasteiger partial charge < -0.3 is 15.2 Å². The summed E-state index contributed by atoms with van der Waals surface area (Å²) < 4.78 is 11.5. The number of amidine groups is 1. The summed E-state index contributed by atoms with van der Waals surface area (Å²) in [6.07, 6.45) is 1.67. The number of benzene rings is 4. The van der Waals surface area contributed by atoms with E-state index in [1.54, 1.807) is 13.3 Å². The summed E-state index contributed by atoms with van der Waals surface area (Å²) >= 11 is 1.45. The molecule has 0 amide bonds. The molecule has 4 rings (SSSR count). The van der Waals surface area contributed by atoms with Gasteiger partial charge in [-0.1, -0.05) is 84.6 Å². The van der Waals surface area contributed by atoms with Crippen LogP contribution in [0.15, 0.2) is 113 Å². The fourth-order valence-corrected chi connectivity index (χ4v) is 4.05. The summed E-state index contributed by atoms with van der Waals surface area (Å²) in [6.45, 7) is 0.369. The van der Waals surface area contributed by atoms with Crippen molar-refractivity contribution >= 4 is 23.1 Å². The number of ether oxygens (including phenoxy) is 2. The number of hydrogen-bond donors (Lipinski definition) is 1. The second-order valence-electron chi connectivity index (χ2n) is 7.71. The average molecular weight is 482 g/mol. The lowest BCUT2D eigenvalue weighted by Gasteiger charge is -2.11. The van der Waals surface area contributed by atoms with Gasteiger partial charge in [0.1, 0.15) is 18.1 Å². The first-order chi connectivity index (χ1) is 17.2. The zero-order valence-corrected chi connectivity index (χ0v) is 20.3. The lowest BCUT2D eigenvalue weighted by Crippen LogP contribution is -2.06. The van der Waals surface area contributed by atoms with Gasteiger partial charge >= 0.3 is 0 Å². The Kier molecular flexibility index (Phi) is 8.57. The standard InChI is InChI=1S/C29H27N3O2S/c1-33-28-17-12-23(19-31-32-29(30)35-21-22-8-4-2-5-9-22)18-26(28)20-34-27-15-13-25(14-16-27)24-10-6-3-7-11-24/h2-19H,20-21H2,1H3,(H2,30,32). The van der Waals surface area contributed by atoms with Crippen LogP contribution < -0.4 is 15.2 Å². The second kappa shape index (κ2) is 12.4. The molecule has 4 aromatic rings. The third kappa shape index (κ3) is 7.22. The van der Waals surface area contributed by atoms with Crippen LogP contribution in [0.3, 0.4) is 0 Å². The van der Waals surface area contributed by atoms with E-state index in [9.17, 15) is 0 Å². The third-order valence-electron chi connectivity index (χ3n) is 5.25. The average Bonchev–Trinajstić information content (AvgIpc) is 2.92. The molecule has 0 aromatic heterocycles. The fraction of sp³-hybridized carbons (Fsp3) is 0.103. The van der Waals surface area contributed by atoms with Crippen LogP contribution in [-0.4, -0.2) is 18.5 Å². The van der Waals surface area contributed by atoms with Crippen LogP contribution in [0.1, 0.15) is 16.7 Å². The monoisotopic (exact) mass is 481 g/mol. The van der Waals surface area contributed by atoms with Crippen LogP contribution in [-0.2, 0) is 12.4 Å². The van der Waals surface area contributed by atoms with E-state index in [0.717, 1.165) is 33.9 Å². The number of thioether (sulfide) groups is 1. The normalized spacial score (nSPS) is 11.5. The molecule has 6 heteroatoms. The number of nitrogens with zero attached hydrogens (tertiary/aromatic N) is 2. The molecule has 0 unspecified atom stereocenters. The Morgan fingerprint density at radius 1 is 0.857 bits per heavy atom. The van der Waals surface area contributed by atoms with Gasteiger partial charge in [0.2, 0.25) is 0 Å². The molecule has 4 aromatic carbocycles. The molecule has 0 aliphatic heterocycles. The summed E-state index contributed by atoms with van der Waals surface area (Å²) in [6, 6.07) is 34.2. The van der Waals surface area contributed by atoms with E-state index in [2.05, 4.69) is 46.6 Å². The highest BCUT2D eigenvalue weighted by Crippen LogP contribution is 2.25. The van der Waals surface area contributed by atoms with E-state index in [-0.39, 0.29) is 0 Å². The molecule has 5 nitrogen and oxygen atoms in total. The maximum Gasteiger partial charge on any atom is 0.180 e. The van der Waals surface area contributed by atoms with Gasteiger partial charge in [-0.25, -0.2) is 0 Å². The van der Waals surface area contributed by atoms with Crippen molar-refractivity contribution in [3.05, 3.63) is 120 Å². The van der Waals surface area contributed by atoms with Crippen molar-refractivity contribution in [1.82, 2.24) is 0 Å². The Hall–Kier alpha value is -4.03. The third-order valence-corrected chi connectivity index (χ3v) is 6.11. The second-order valence-corrected chi connectivity index (χ2v) is 8.70. The van der Waals surface area contributed by atoms with Gasteiger partial charge in [0, 0.05) is 11.3 Å². The van der Waals surface area contributed by atoms with Crippen LogP contribution in [0.4, 0.5) is 0 Å². The first kappa shape index (κ1) is 24.1. The summed E-state index contributed by atoms with van der Waals surface area (Å²) in [7, 11) is 1.65. The Morgan fingerprint density at radius 2 is 1.54 bits per heavy atom. The van der Waals surface area contributed by atoms with Gasteiger partial charge in [-0.2, -0.15) is 5.10 Å². The summed E-state index contributed by atoms with van der Waals surface area (Å²) in [5, 5.41) is 8.66. The minimum Gasteiger partial charge on any atom is -0.496 e. The molecule has 0 bridgehead atoms. The smallest absolute Gasteiger partial charge is 0.180 e. The SMILES string of the molecule is COc1ccc(C=NN=C(N)SCc2ccccc2)cc1COc1ccc(-c2ccccc2)cc1. The van der Waals surface area contributed by atoms with E-state index in [4.69, 9.17) is 15.2 Å². The molecule has 0 atom stereocenters. The Labute approximate surface area is 210 Å². The lowest BCUT2D eigenvalue weighted by atomic mass is 10.1. The van der Waals surface area contributed by atoms with Gasteiger partial charge in [-0.3, -0.25) is 0 Å². The van der Waals surface area contributed by atoms with Gasteiger partial charge in [0.25, 0.3) is 0 Å². The predicted molar refractivity (Wildman–Crippen MR) is 146 cm³/mol. The minimum absolute atomic E-state index is 0.369. The molecule has 0 saturated heterocycles. The summed E-state index contributed by atoms with van der Waals surface area (Å²) in [5.41, 5.74) is 11.3. The zero-order valence-electron chi connectivity index (χ0n) is 19.5. The minimum atomic E-state index is 0.369. The first-order valence-electron chi connectivity index (χ1n) is 11.2. The first-order valence-corrected chi connectivity index (χ1v) is 12.2. The van der Waals surface area contributed by atoms with E-state index >= 15 is 0 Å². The number of rotatable bonds is 9. The molecule has 35 heavy (non-hydrogen) atoms. The Morgan fingerprint density at radius 3 is 2.26 bits per heavy atom. The lowest BCUT2D eigenvalue weighted by molar-refractivity contribution is 0.296. The molecule has 0 aliphatic rings. The zero-order chi connectivity index (χ0) is 24.3. The maximum atomic E-state index is 6.02. The Bertz CT molecular complexity index is 1270.